The van der Waals surface area contributed by atoms with Crippen LogP contribution in [0.15, 0.2) is 41.2 Å². The van der Waals surface area contributed by atoms with Gasteiger partial charge in [-0.25, -0.2) is 4.68 Å². The lowest BCUT2D eigenvalue weighted by atomic mass is 10.0. The van der Waals surface area contributed by atoms with Crippen LogP contribution in [0, 0.1) is 12.8 Å². The van der Waals surface area contributed by atoms with E-state index in [2.05, 4.69) is 31.7 Å². The first-order valence-electron chi connectivity index (χ1n) is 8.73. The van der Waals surface area contributed by atoms with Gasteiger partial charge in [0, 0.05) is 44.5 Å². The van der Waals surface area contributed by atoms with Gasteiger partial charge in [0.05, 0.1) is 11.4 Å². The quantitative estimate of drug-likeness (QED) is 0.743. The van der Waals surface area contributed by atoms with E-state index < -0.39 is 0 Å². The molecule has 3 aromatic heterocycles. The molecular weight excluding hydrogens is 316 g/mol. The third-order valence-corrected chi connectivity index (χ3v) is 4.77. The average Bonchev–Trinajstić information content (AvgIpc) is 3.36. The van der Waals surface area contributed by atoms with Crippen LogP contribution in [0.4, 0.5) is 0 Å². The summed E-state index contributed by atoms with van der Waals surface area (Å²) in [7, 11) is 0. The average molecular weight is 338 g/mol. The van der Waals surface area contributed by atoms with Gasteiger partial charge < -0.3 is 9.73 Å². The molecule has 1 aliphatic rings. The normalized spacial score (nSPS) is 20.2. The maximum absolute atomic E-state index is 5.50. The van der Waals surface area contributed by atoms with E-state index in [0.29, 0.717) is 17.9 Å². The predicted molar refractivity (Wildman–Crippen MR) is 92.1 cm³/mol. The fraction of sp³-hybridized carbons (Fsp3) is 0.444. The van der Waals surface area contributed by atoms with Crippen molar-refractivity contribution in [1.82, 2.24) is 30.3 Å². The fourth-order valence-corrected chi connectivity index (χ4v) is 3.54. The molecule has 0 bridgehead atoms. The summed E-state index contributed by atoms with van der Waals surface area (Å²) >= 11 is 0. The molecule has 0 aliphatic heterocycles. The lowest BCUT2D eigenvalue weighted by Gasteiger charge is -2.14. The van der Waals surface area contributed by atoms with Gasteiger partial charge in [0.25, 0.3) is 0 Å². The van der Waals surface area contributed by atoms with Gasteiger partial charge in [-0.05, 0) is 43.4 Å². The Kier molecular flexibility index (Phi) is 4.56. The smallest absolute Gasteiger partial charge is 0.216 e. The first-order valence-corrected chi connectivity index (χ1v) is 8.73. The van der Waals surface area contributed by atoms with Crippen LogP contribution < -0.4 is 5.32 Å². The maximum Gasteiger partial charge on any atom is 0.216 e. The zero-order valence-electron chi connectivity index (χ0n) is 14.3. The molecule has 2 atom stereocenters. The molecule has 1 fully saturated rings. The third-order valence-electron chi connectivity index (χ3n) is 4.77. The summed E-state index contributed by atoms with van der Waals surface area (Å²) in [4.78, 5) is 4.06. The summed E-state index contributed by atoms with van der Waals surface area (Å²) in [5, 5.41) is 16.1. The first kappa shape index (κ1) is 16.0. The van der Waals surface area contributed by atoms with E-state index >= 15 is 0 Å². The molecular formula is C18H22N6O. The highest BCUT2D eigenvalue weighted by atomic mass is 16.4. The Labute approximate surface area is 146 Å². The summed E-state index contributed by atoms with van der Waals surface area (Å²) in [6.45, 7) is 2.64. The van der Waals surface area contributed by atoms with E-state index in [0.717, 1.165) is 36.7 Å². The molecule has 0 spiro atoms. The van der Waals surface area contributed by atoms with Crippen LogP contribution >= 0.6 is 0 Å². The topological polar surface area (TPSA) is 81.7 Å². The molecule has 4 rings (SSSR count). The molecule has 1 aliphatic carbocycles. The Morgan fingerprint density at radius 1 is 1.16 bits per heavy atom. The van der Waals surface area contributed by atoms with Gasteiger partial charge in [-0.2, -0.15) is 5.10 Å². The second-order valence-electron chi connectivity index (χ2n) is 6.62. The fourth-order valence-electron chi connectivity index (χ4n) is 3.54. The van der Waals surface area contributed by atoms with Crippen molar-refractivity contribution in [3.05, 3.63) is 54.3 Å². The Morgan fingerprint density at radius 2 is 2.04 bits per heavy atom. The van der Waals surface area contributed by atoms with Crippen LogP contribution in [0.25, 0.3) is 5.69 Å². The molecule has 0 aromatic carbocycles. The molecule has 3 heterocycles. The highest BCUT2D eigenvalue weighted by molar-refractivity contribution is 5.30. The second kappa shape index (κ2) is 7.14. The van der Waals surface area contributed by atoms with E-state index in [1.54, 1.807) is 12.4 Å². The molecule has 0 unspecified atom stereocenters. The zero-order chi connectivity index (χ0) is 17.1. The molecule has 0 radical (unpaired) electrons. The highest BCUT2D eigenvalue weighted by Gasteiger charge is 2.26. The zero-order valence-corrected chi connectivity index (χ0v) is 14.3. The standard InChI is InChI=1S/C18H22N6O/c1-13-22-23-18(25-13)11-14-2-3-15(10-14)20-12-17-6-9-21-24(17)16-4-7-19-8-5-16/h4-9,14-15,20H,2-3,10-12H2,1H3/t14-,15+/m1/s1. The summed E-state index contributed by atoms with van der Waals surface area (Å²) in [5.41, 5.74) is 2.19. The van der Waals surface area contributed by atoms with Gasteiger partial charge in [-0.15, -0.1) is 10.2 Å². The van der Waals surface area contributed by atoms with Crippen LogP contribution in [0.1, 0.15) is 36.7 Å². The summed E-state index contributed by atoms with van der Waals surface area (Å²) in [5.74, 6) is 2.02. The predicted octanol–water partition coefficient (Wildman–Crippen LogP) is 2.46. The minimum atomic E-state index is 0.523. The van der Waals surface area contributed by atoms with E-state index in [4.69, 9.17) is 4.42 Å². The van der Waals surface area contributed by atoms with Crippen molar-refractivity contribution >= 4 is 0 Å². The van der Waals surface area contributed by atoms with Crippen molar-refractivity contribution in [3.8, 4) is 5.69 Å². The van der Waals surface area contributed by atoms with Crippen LogP contribution in [-0.4, -0.2) is 31.0 Å². The van der Waals surface area contributed by atoms with Crippen LogP contribution in [0.5, 0.6) is 0 Å². The van der Waals surface area contributed by atoms with Crippen molar-refractivity contribution < 1.29 is 4.42 Å². The van der Waals surface area contributed by atoms with Gasteiger partial charge in [0.1, 0.15) is 0 Å². The third kappa shape index (κ3) is 3.76. The van der Waals surface area contributed by atoms with Crippen molar-refractivity contribution in [2.24, 2.45) is 5.92 Å². The lowest BCUT2D eigenvalue weighted by molar-refractivity contribution is 0.408. The van der Waals surface area contributed by atoms with Crippen molar-refractivity contribution in [2.75, 3.05) is 0 Å². The Morgan fingerprint density at radius 3 is 2.84 bits per heavy atom. The van der Waals surface area contributed by atoms with Crippen LogP contribution in [-0.2, 0) is 13.0 Å². The Balaban J connectivity index is 1.32. The van der Waals surface area contributed by atoms with E-state index in [1.807, 2.05) is 29.9 Å². The minimum absolute atomic E-state index is 0.523. The summed E-state index contributed by atoms with van der Waals surface area (Å²) < 4.78 is 7.47. The van der Waals surface area contributed by atoms with Crippen molar-refractivity contribution in [3.63, 3.8) is 0 Å². The number of pyridine rings is 1. The molecule has 1 saturated carbocycles. The minimum Gasteiger partial charge on any atom is -0.426 e. The van der Waals surface area contributed by atoms with Gasteiger partial charge >= 0.3 is 0 Å². The number of aryl methyl sites for hydroxylation is 1. The Hall–Kier alpha value is -2.54. The van der Waals surface area contributed by atoms with E-state index in [1.165, 1.54) is 12.8 Å². The monoisotopic (exact) mass is 338 g/mol. The molecule has 3 aromatic rings. The largest absolute Gasteiger partial charge is 0.426 e. The SMILES string of the molecule is Cc1nnc(C[C@@H]2CC[C@H](NCc3ccnn3-c3ccncc3)C2)o1. The number of aromatic nitrogens is 5. The molecule has 0 saturated heterocycles. The van der Waals surface area contributed by atoms with Gasteiger partial charge in [-0.3, -0.25) is 4.98 Å². The van der Waals surface area contributed by atoms with Crippen molar-refractivity contribution in [1.29, 1.82) is 0 Å². The van der Waals surface area contributed by atoms with E-state index in [-0.39, 0.29) is 0 Å². The lowest BCUT2D eigenvalue weighted by Crippen LogP contribution is -2.27. The maximum atomic E-state index is 5.50. The number of nitrogens with zero attached hydrogens (tertiary/aromatic N) is 5. The van der Waals surface area contributed by atoms with E-state index in [9.17, 15) is 0 Å². The van der Waals surface area contributed by atoms with Crippen LogP contribution in [0.2, 0.25) is 0 Å². The second-order valence-corrected chi connectivity index (χ2v) is 6.62. The number of hydrogen-bond donors (Lipinski definition) is 1. The van der Waals surface area contributed by atoms with Crippen LogP contribution in [0.3, 0.4) is 0 Å². The highest BCUT2D eigenvalue weighted by Crippen LogP contribution is 2.28. The van der Waals surface area contributed by atoms with Gasteiger partial charge in [-0.1, -0.05) is 0 Å². The molecule has 1 N–H and O–H groups in total. The molecule has 0 amide bonds. The first-order chi connectivity index (χ1) is 12.3. The number of rotatable bonds is 6. The summed E-state index contributed by atoms with van der Waals surface area (Å²) in [6.07, 6.45) is 9.82. The van der Waals surface area contributed by atoms with Gasteiger partial charge in [0.15, 0.2) is 0 Å². The van der Waals surface area contributed by atoms with Crippen molar-refractivity contribution in [2.45, 2.75) is 45.2 Å². The molecule has 25 heavy (non-hydrogen) atoms. The number of nitrogens with one attached hydrogen (secondary N) is 1. The molecule has 130 valence electrons. The molecule has 7 nitrogen and oxygen atoms in total. The Bertz CT molecular complexity index is 812. The number of hydrogen-bond acceptors (Lipinski definition) is 6. The summed E-state index contributed by atoms with van der Waals surface area (Å²) in [6, 6.07) is 6.51. The van der Waals surface area contributed by atoms with Gasteiger partial charge in [0.2, 0.25) is 11.8 Å². The molecule has 7 heteroatoms.